The van der Waals surface area contributed by atoms with Crippen molar-refractivity contribution in [2.24, 2.45) is 5.41 Å². The summed E-state index contributed by atoms with van der Waals surface area (Å²) in [5.41, 5.74) is -0.375. The van der Waals surface area contributed by atoms with Gasteiger partial charge < -0.3 is 0 Å². The van der Waals surface area contributed by atoms with Crippen LogP contribution in [0.4, 0.5) is 13.2 Å². The van der Waals surface area contributed by atoms with Gasteiger partial charge in [0.25, 0.3) is 0 Å². The third-order valence-corrected chi connectivity index (χ3v) is 5.77. The molecule has 1 heterocycles. The summed E-state index contributed by atoms with van der Waals surface area (Å²) in [7, 11) is 0. The third kappa shape index (κ3) is 3.20. The molecular weight excluding hydrogens is 327 g/mol. The normalized spacial score (nSPS) is 18.4. The van der Waals surface area contributed by atoms with E-state index in [1.54, 1.807) is 0 Å². The Kier molecular flexibility index (Phi) is 4.26. The average molecular weight is 340 g/mol. The Bertz CT molecular complexity index is 395. The molecule has 100 valence electrons. The van der Waals surface area contributed by atoms with Crippen molar-refractivity contribution in [3.8, 4) is 0 Å². The summed E-state index contributed by atoms with van der Waals surface area (Å²) in [6.07, 6.45) is 0.218. The zero-order valence-corrected chi connectivity index (χ0v) is 12.0. The van der Waals surface area contributed by atoms with Gasteiger partial charge in [0.15, 0.2) is 0 Å². The standard InChI is InChI=1S/C12H13BrF3NS/c13-7-11(4-1-5-11)8-18-10-3-2-9(6-17-10)12(14,15)16/h2-3,6H,1,4-5,7-8H2. The van der Waals surface area contributed by atoms with E-state index >= 15 is 0 Å². The van der Waals surface area contributed by atoms with Gasteiger partial charge in [-0.05, 0) is 30.4 Å². The molecule has 6 heteroatoms. The number of pyridine rings is 1. The molecule has 1 fully saturated rings. The lowest BCUT2D eigenvalue weighted by atomic mass is 9.72. The summed E-state index contributed by atoms with van der Waals surface area (Å²) >= 11 is 5.05. The van der Waals surface area contributed by atoms with E-state index in [2.05, 4.69) is 20.9 Å². The van der Waals surface area contributed by atoms with Crippen molar-refractivity contribution < 1.29 is 13.2 Å². The van der Waals surface area contributed by atoms with Crippen molar-refractivity contribution in [3.05, 3.63) is 23.9 Å². The largest absolute Gasteiger partial charge is 0.417 e. The van der Waals surface area contributed by atoms with Crippen LogP contribution < -0.4 is 0 Å². The first-order chi connectivity index (χ1) is 8.45. The summed E-state index contributed by atoms with van der Waals surface area (Å²) in [6.45, 7) is 0. The lowest BCUT2D eigenvalue weighted by Crippen LogP contribution is -2.33. The Morgan fingerprint density at radius 1 is 1.33 bits per heavy atom. The van der Waals surface area contributed by atoms with E-state index in [9.17, 15) is 13.2 Å². The van der Waals surface area contributed by atoms with Gasteiger partial charge >= 0.3 is 6.18 Å². The first-order valence-electron chi connectivity index (χ1n) is 5.67. The molecule has 0 amide bonds. The number of nitrogens with zero attached hydrogens (tertiary/aromatic N) is 1. The fraction of sp³-hybridized carbons (Fsp3) is 0.583. The van der Waals surface area contributed by atoms with Gasteiger partial charge in [0, 0.05) is 17.3 Å². The molecule has 1 aromatic rings. The number of rotatable bonds is 4. The first kappa shape index (κ1) is 14.2. The Balaban J connectivity index is 1.94. The summed E-state index contributed by atoms with van der Waals surface area (Å²) in [6, 6.07) is 2.55. The van der Waals surface area contributed by atoms with Crippen LogP contribution in [0.15, 0.2) is 23.4 Å². The number of halogens is 4. The first-order valence-corrected chi connectivity index (χ1v) is 7.78. The van der Waals surface area contributed by atoms with Gasteiger partial charge in [-0.2, -0.15) is 13.2 Å². The van der Waals surface area contributed by atoms with Crippen LogP contribution in [0.3, 0.4) is 0 Å². The highest BCUT2D eigenvalue weighted by Crippen LogP contribution is 2.45. The minimum atomic E-state index is -4.30. The molecule has 1 aromatic heterocycles. The number of hydrogen-bond acceptors (Lipinski definition) is 2. The molecule has 0 radical (unpaired) electrons. The quantitative estimate of drug-likeness (QED) is 0.579. The number of alkyl halides is 4. The Morgan fingerprint density at radius 3 is 2.44 bits per heavy atom. The molecule has 1 saturated carbocycles. The van der Waals surface area contributed by atoms with Gasteiger partial charge in [0.2, 0.25) is 0 Å². The Labute approximate surface area is 117 Å². The fourth-order valence-corrected chi connectivity index (χ4v) is 4.01. The van der Waals surface area contributed by atoms with Gasteiger partial charge in [-0.25, -0.2) is 4.98 Å². The second kappa shape index (κ2) is 5.41. The van der Waals surface area contributed by atoms with Gasteiger partial charge in [-0.1, -0.05) is 22.4 Å². The van der Waals surface area contributed by atoms with Gasteiger partial charge in [-0.3, -0.25) is 0 Å². The average Bonchev–Trinajstić information content (AvgIpc) is 2.28. The molecule has 0 spiro atoms. The molecule has 0 bridgehead atoms. The van der Waals surface area contributed by atoms with E-state index < -0.39 is 11.7 Å². The Morgan fingerprint density at radius 2 is 2.06 bits per heavy atom. The van der Waals surface area contributed by atoms with Crippen LogP contribution in [0.2, 0.25) is 0 Å². The molecule has 0 unspecified atom stereocenters. The minimum Gasteiger partial charge on any atom is -0.249 e. The summed E-state index contributed by atoms with van der Waals surface area (Å²) < 4.78 is 37.1. The fourth-order valence-electron chi connectivity index (χ4n) is 1.85. The maximum atomic E-state index is 12.4. The molecule has 1 nitrogen and oxygen atoms in total. The van der Waals surface area contributed by atoms with Gasteiger partial charge in [-0.15, -0.1) is 11.8 Å². The predicted molar refractivity (Wildman–Crippen MR) is 70.0 cm³/mol. The maximum absolute atomic E-state index is 12.4. The van der Waals surface area contributed by atoms with Crippen LogP contribution in [-0.2, 0) is 6.18 Å². The zero-order chi connectivity index (χ0) is 13.2. The van der Waals surface area contributed by atoms with E-state index in [1.165, 1.54) is 37.1 Å². The van der Waals surface area contributed by atoms with Crippen LogP contribution in [0.5, 0.6) is 0 Å². The van der Waals surface area contributed by atoms with Crippen molar-refractivity contribution in [2.45, 2.75) is 30.5 Å². The highest BCUT2D eigenvalue weighted by molar-refractivity contribution is 9.09. The maximum Gasteiger partial charge on any atom is 0.417 e. The third-order valence-electron chi connectivity index (χ3n) is 3.29. The van der Waals surface area contributed by atoms with Gasteiger partial charge in [0.1, 0.15) is 0 Å². The van der Waals surface area contributed by atoms with E-state index in [1.807, 2.05) is 0 Å². The van der Waals surface area contributed by atoms with Crippen LogP contribution in [-0.4, -0.2) is 16.1 Å². The SMILES string of the molecule is FC(F)(F)c1ccc(SCC2(CBr)CCC2)nc1. The van der Waals surface area contributed by atoms with Crippen molar-refractivity contribution in [2.75, 3.05) is 11.1 Å². The second-order valence-corrected chi connectivity index (χ2v) is 6.22. The highest BCUT2D eigenvalue weighted by atomic mass is 79.9. The van der Waals surface area contributed by atoms with Crippen molar-refractivity contribution in [3.63, 3.8) is 0 Å². The van der Waals surface area contributed by atoms with Crippen LogP contribution >= 0.6 is 27.7 Å². The van der Waals surface area contributed by atoms with Crippen molar-refractivity contribution >= 4 is 27.7 Å². The summed E-state index contributed by atoms with van der Waals surface area (Å²) in [5.74, 6) is 0.913. The monoisotopic (exact) mass is 339 g/mol. The van der Waals surface area contributed by atoms with E-state index in [0.717, 1.165) is 23.3 Å². The smallest absolute Gasteiger partial charge is 0.249 e. The molecule has 1 aliphatic carbocycles. The molecule has 0 saturated heterocycles. The Hall–Kier alpha value is -0.230. The van der Waals surface area contributed by atoms with E-state index in [-0.39, 0.29) is 0 Å². The number of aromatic nitrogens is 1. The molecule has 18 heavy (non-hydrogen) atoms. The van der Waals surface area contributed by atoms with Crippen LogP contribution in [0.1, 0.15) is 24.8 Å². The summed E-state index contributed by atoms with van der Waals surface area (Å²) in [5, 5.41) is 1.61. The molecule has 0 aliphatic heterocycles. The zero-order valence-electron chi connectivity index (χ0n) is 9.63. The molecule has 1 aliphatic rings. The topological polar surface area (TPSA) is 12.9 Å². The lowest BCUT2D eigenvalue weighted by molar-refractivity contribution is -0.137. The van der Waals surface area contributed by atoms with Gasteiger partial charge in [0.05, 0.1) is 10.6 Å². The van der Waals surface area contributed by atoms with Crippen molar-refractivity contribution in [1.82, 2.24) is 4.98 Å². The van der Waals surface area contributed by atoms with E-state index in [0.29, 0.717) is 10.4 Å². The molecule has 0 atom stereocenters. The lowest BCUT2D eigenvalue weighted by Gasteiger charge is -2.40. The molecule has 2 rings (SSSR count). The minimum absolute atomic E-state index is 0.315. The van der Waals surface area contributed by atoms with Crippen LogP contribution in [0.25, 0.3) is 0 Å². The second-order valence-electron chi connectivity index (χ2n) is 4.66. The van der Waals surface area contributed by atoms with E-state index in [4.69, 9.17) is 0 Å². The number of hydrogen-bond donors (Lipinski definition) is 0. The molecule has 0 aromatic carbocycles. The summed E-state index contributed by atoms with van der Waals surface area (Å²) in [4.78, 5) is 3.87. The molecule has 0 N–H and O–H groups in total. The van der Waals surface area contributed by atoms with Crippen LogP contribution in [0, 0.1) is 5.41 Å². The van der Waals surface area contributed by atoms with Crippen molar-refractivity contribution in [1.29, 1.82) is 0 Å². The highest BCUT2D eigenvalue weighted by Gasteiger charge is 2.36. The number of thioether (sulfide) groups is 1. The predicted octanol–water partition coefficient (Wildman–Crippen LogP) is 4.76. The molecular formula is C12H13BrF3NS.